The Balaban J connectivity index is 1.81. The first kappa shape index (κ1) is 21.7. The van der Waals surface area contributed by atoms with Gasteiger partial charge in [0.25, 0.3) is 0 Å². The number of piperazine rings is 1. The highest BCUT2D eigenvalue weighted by Crippen LogP contribution is 2.28. The van der Waals surface area contributed by atoms with Crippen LogP contribution >= 0.6 is 11.6 Å². The summed E-state index contributed by atoms with van der Waals surface area (Å²) >= 11 is 6.13. The molecule has 0 atom stereocenters. The molecule has 1 aliphatic rings. The van der Waals surface area contributed by atoms with Gasteiger partial charge >= 0.3 is 5.97 Å². The highest BCUT2D eigenvalue weighted by Gasteiger charge is 2.33. The zero-order valence-electron chi connectivity index (χ0n) is 17.1. The molecule has 1 aromatic carbocycles. The summed E-state index contributed by atoms with van der Waals surface area (Å²) in [6.07, 6.45) is 0. The van der Waals surface area contributed by atoms with E-state index in [2.05, 4.69) is 4.90 Å². The average molecular weight is 440 g/mol. The largest absolute Gasteiger partial charge is 0.461 e. The summed E-state index contributed by atoms with van der Waals surface area (Å²) in [4.78, 5) is 14.4. The van der Waals surface area contributed by atoms with Crippen molar-refractivity contribution in [3.8, 4) is 0 Å². The van der Waals surface area contributed by atoms with E-state index < -0.39 is 16.0 Å². The zero-order valence-corrected chi connectivity index (χ0v) is 18.7. The van der Waals surface area contributed by atoms with Crippen LogP contribution < -0.4 is 4.90 Å². The van der Waals surface area contributed by atoms with Crippen LogP contribution in [0.2, 0.25) is 5.02 Å². The predicted octanol–water partition coefficient (Wildman–Crippen LogP) is 2.98. The Morgan fingerprint density at radius 2 is 1.79 bits per heavy atom. The average Bonchev–Trinajstić information content (AvgIpc) is 3.00. The first-order valence-corrected chi connectivity index (χ1v) is 11.3. The molecule has 0 amide bonds. The summed E-state index contributed by atoms with van der Waals surface area (Å²) in [5, 5.41) is 0.659. The van der Waals surface area contributed by atoms with Gasteiger partial charge in [0.2, 0.25) is 10.0 Å². The smallest absolute Gasteiger partial charge is 0.354 e. The lowest BCUT2D eigenvalue weighted by molar-refractivity contribution is 0.0515. The summed E-state index contributed by atoms with van der Waals surface area (Å²) in [5.41, 5.74) is 2.87. The second-order valence-corrected chi connectivity index (χ2v) is 9.42. The van der Waals surface area contributed by atoms with Gasteiger partial charge in [0.1, 0.15) is 10.6 Å². The van der Waals surface area contributed by atoms with Crippen LogP contribution in [-0.4, -0.2) is 56.0 Å². The molecule has 2 aromatic rings. The summed E-state index contributed by atoms with van der Waals surface area (Å²) in [6, 6.07) is 7.13. The number of carbonyl (C=O) groups is 1. The van der Waals surface area contributed by atoms with Crippen LogP contribution in [0.15, 0.2) is 29.2 Å². The molecule has 0 spiro atoms. The SMILES string of the molecule is CCOC(=O)c1cc(S(=O)(=O)N2CCN(c3cc(Cl)ccc3C)CC2)c(C)n1C. The number of benzene rings is 1. The summed E-state index contributed by atoms with van der Waals surface area (Å²) in [7, 11) is -2.05. The van der Waals surface area contributed by atoms with E-state index in [1.807, 2.05) is 25.1 Å². The fourth-order valence-electron chi connectivity index (χ4n) is 3.57. The first-order chi connectivity index (χ1) is 13.7. The topological polar surface area (TPSA) is 71.8 Å². The number of esters is 1. The van der Waals surface area contributed by atoms with Gasteiger partial charge in [-0.25, -0.2) is 13.2 Å². The Morgan fingerprint density at radius 3 is 2.41 bits per heavy atom. The molecular formula is C20H26ClN3O4S. The third kappa shape index (κ3) is 4.15. The molecule has 29 heavy (non-hydrogen) atoms. The fraction of sp³-hybridized carbons (Fsp3) is 0.450. The second-order valence-electron chi connectivity index (χ2n) is 7.08. The van der Waals surface area contributed by atoms with Gasteiger partial charge in [-0.3, -0.25) is 0 Å². The number of ether oxygens (including phenoxy) is 1. The van der Waals surface area contributed by atoms with E-state index in [0.717, 1.165) is 11.3 Å². The van der Waals surface area contributed by atoms with Gasteiger partial charge in [0.15, 0.2) is 0 Å². The molecule has 9 heteroatoms. The van der Waals surface area contributed by atoms with Crippen molar-refractivity contribution in [2.45, 2.75) is 25.7 Å². The van der Waals surface area contributed by atoms with Crippen LogP contribution in [0.1, 0.15) is 28.7 Å². The van der Waals surface area contributed by atoms with Gasteiger partial charge < -0.3 is 14.2 Å². The zero-order chi connectivity index (χ0) is 21.3. The summed E-state index contributed by atoms with van der Waals surface area (Å²) < 4.78 is 34.6. The molecule has 0 unspecified atom stereocenters. The van der Waals surface area contributed by atoms with Crippen molar-refractivity contribution in [2.24, 2.45) is 7.05 Å². The number of hydrogen-bond acceptors (Lipinski definition) is 5. The first-order valence-electron chi connectivity index (χ1n) is 9.51. The number of rotatable bonds is 5. The van der Waals surface area contributed by atoms with Crippen molar-refractivity contribution in [3.05, 3.63) is 46.2 Å². The van der Waals surface area contributed by atoms with Gasteiger partial charge in [-0.05, 0) is 44.5 Å². The number of anilines is 1. The molecule has 1 fully saturated rings. The van der Waals surface area contributed by atoms with Gasteiger partial charge in [-0.15, -0.1) is 0 Å². The van der Waals surface area contributed by atoms with Crippen molar-refractivity contribution >= 4 is 33.3 Å². The molecule has 0 radical (unpaired) electrons. The van der Waals surface area contributed by atoms with Crippen LogP contribution in [0.3, 0.4) is 0 Å². The maximum Gasteiger partial charge on any atom is 0.354 e. The van der Waals surface area contributed by atoms with Crippen molar-refractivity contribution < 1.29 is 17.9 Å². The molecule has 0 saturated carbocycles. The van der Waals surface area contributed by atoms with E-state index in [4.69, 9.17) is 16.3 Å². The number of nitrogens with zero attached hydrogens (tertiary/aromatic N) is 3. The highest BCUT2D eigenvalue weighted by atomic mass is 35.5. The van der Waals surface area contributed by atoms with Crippen molar-refractivity contribution in [1.82, 2.24) is 8.87 Å². The number of aryl methyl sites for hydroxylation is 1. The standard InChI is InChI=1S/C20H26ClN3O4S/c1-5-28-20(25)18-13-19(15(3)22(18)4)29(26,27)24-10-8-23(9-11-24)17-12-16(21)7-6-14(17)2/h6-7,12-13H,5,8-11H2,1-4H3. The third-order valence-corrected chi connectivity index (χ3v) is 7.59. The minimum absolute atomic E-state index is 0.149. The number of hydrogen-bond donors (Lipinski definition) is 0. The summed E-state index contributed by atoms with van der Waals surface area (Å²) in [5.74, 6) is -0.527. The monoisotopic (exact) mass is 439 g/mol. The number of carbonyl (C=O) groups excluding carboxylic acids is 1. The van der Waals surface area contributed by atoms with Crippen LogP contribution in [0.4, 0.5) is 5.69 Å². The van der Waals surface area contributed by atoms with E-state index in [-0.39, 0.29) is 17.2 Å². The van der Waals surface area contributed by atoms with Gasteiger partial charge in [-0.1, -0.05) is 17.7 Å². The molecule has 0 bridgehead atoms. The van der Waals surface area contributed by atoms with E-state index in [9.17, 15) is 13.2 Å². The van der Waals surface area contributed by atoms with Gasteiger partial charge in [0.05, 0.1) is 6.61 Å². The van der Waals surface area contributed by atoms with Crippen LogP contribution in [-0.2, 0) is 21.8 Å². The molecule has 2 heterocycles. The van der Waals surface area contributed by atoms with Crippen molar-refractivity contribution in [3.63, 3.8) is 0 Å². The van der Waals surface area contributed by atoms with E-state index >= 15 is 0 Å². The lowest BCUT2D eigenvalue weighted by Gasteiger charge is -2.36. The fourth-order valence-corrected chi connectivity index (χ4v) is 5.42. The molecule has 158 valence electrons. The van der Waals surface area contributed by atoms with E-state index in [1.54, 1.807) is 25.5 Å². The van der Waals surface area contributed by atoms with E-state index in [0.29, 0.717) is 36.9 Å². The van der Waals surface area contributed by atoms with E-state index in [1.165, 1.54) is 10.4 Å². The second kappa shape index (κ2) is 8.38. The predicted molar refractivity (Wildman–Crippen MR) is 113 cm³/mol. The maximum atomic E-state index is 13.2. The Morgan fingerprint density at radius 1 is 1.14 bits per heavy atom. The summed E-state index contributed by atoms with van der Waals surface area (Å²) in [6.45, 7) is 7.51. The third-order valence-electron chi connectivity index (χ3n) is 5.34. The number of halogens is 1. The minimum atomic E-state index is -3.71. The highest BCUT2D eigenvalue weighted by molar-refractivity contribution is 7.89. The Bertz CT molecular complexity index is 1020. The molecule has 0 aliphatic carbocycles. The van der Waals surface area contributed by atoms with Crippen LogP contribution in [0.5, 0.6) is 0 Å². The van der Waals surface area contributed by atoms with Crippen molar-refractivity contribution in [1.29, 1.82) is 0 Å². The molecule has 0 N–H and O–H groups in total. The lowest BCUT2D eigenvalue weighted by Crippen LogP contribution is -2.48. The number of aromatic nitrogens is 1. The quantitative estimate of drug-likeness (QED) is 0.670. The Kier molecular flexibility index (Phi) is 6.26. The molecular weight excluding hydrogens is 414 g/mol. The minimum Gasteiger partial charge on any atom is -0.461 e. The Hall–Kier alpha value is -2.03. The number of sulfonamides is 1. The Labute approximate surface area is 176 Å². The maximum absolute atomic E-state index is 13.2. The van der Waals surface area contributed by atoms with Gasteiger partial charge in [0, 0.05) is 49.6 Å². The van der Waals surface area contributed by atoms with Gasteiger partial charge in [-0.2, -0.15) is 4.31 Å². The molecule has 1 aromatic heterocycles. The molecule has 1 aliphatic heterocycles. The van der Waals surface area contributed by atoms with Crippen LogP contribution in [0.25, 0.3) is 0 Å². The normalized spacial score (nSPS) is 15.6. The molecule has 3 rings (SSSR count). The van der Waals surface area contributed by atoms with Crippen molar-refractivity contribution in [2.75, 3.05) is 37.7 Å². The molecule has 7 nitrogen and oxygen atoms in total. The lowest BCUT2D eigenvalue weighted by atomic mass is 10.1. The molecule has 1 saturated heterocycles. The van der Waals surface area contributed by atoms with Crippen LogP contribution in [0, 0.1) is 13.8 Å².